The average molecular weight is 226 g/mol. The minimum absolute atomic E-state index is 0.161. The smallest absolute Gasteiger partial charge is 0.329 e. The van der Waals surface area contributed by atoms with Gasteiger partial charge < -0.3 is 15.3 Å². The van der Waals surface area contributed by atoms with Crippen LogP contribution in [-0.4, -0.2) is 40.1 Å². The van der Waals surface area contributed by atoms with Crippen molar-refractivity contribution in [1.82, 2.24) is 10.2 Å². The van der Waals surface area contributed by atoms with Crippen molar-refractivity contribution >= 4 is 12.0 Å². The number of carboxylic acid groups (broad SMARTS) is 1. The van der Waals surface area contributed by atoms with Crippen molar-refractivity contribution in [2.45, 2.75) is 38.3 Å². The Bertz CT molecular complexity index is 316. The molecule has 90 valence electrons. The second-order valence-corrected chi connectivity index (χ2v) is 4.31. The van der Waals surface area contributed by atoms with E-state index >= 15 is 0 Å². The van der Waals surface area contributed by atoms with E-state index < -0.39 is 11.5 Å². The molecule has 1 aliphatic heterocycles. The fourth-order valence-corrected chi connectivity index (χ4v) is 1.84. The molecule has 0 aromatic heterocycles. The molecule has 2 amide bonds. The van der Waals surface area contributed by atoms with Gasteiger partial charge in [0.25, 0.3) is 0 Å². The number of urea groups is 1. The lowest BCUT2D eigenvalue weighted by atomic mass is 10.00. The lowest BCUT2D eigenvalue weighted by molar-refractivity contribution is -0.147. The van der Waals surface area contributed by atoms with E-state index in [1.165, 1.54) is 4.90 Å². The molecule has 1 aliphatic rings. The van der Waals surface area contributed by atoms with Crippen LogP contribution < -0.4 is 5.32 Å². The summed E-state index contributed by atoms with van der Waals surface area (Å²) in [5, 5.41) is 11.8. The van der Waals surface area contributed by atoms with E-state index in [2.05, 4.69) is 11.9 Å². The predicted molar refractivity (Wildman–Crippen MR) is 60.2 cm³/mol. The van der Waals surface area contributed by atoms with E-state index in [0.717, 1.165) is 6.42 Å². The summed E-state index contributed by atoms with van der Waals surface area (Å²) in [5.74, 6) is -0.952. The van der Waals surface area contributed by atoms with Gasteiger partial charge in [0.15, 0.2) is 0 Å². The molecule has 5 heteroatoms. The molecule has 1 heterocycles. The van der Waals surface area contributed by atoms with Crippen LogP contribution in [0, 0.1) is 0 Å². The van der Waals surface area contributed by atoms with Crippen molar-refractivity contribution in [2.75, 3.05) is 6.54 Å². The number of nitrogens with one attached hydrogen (secondary N) is 1. The van der Waals surface area contributed by atoms with Gasteiger partial charge in [0.05, 0.1) is 0 Å². The number of likely N-dealkylation sites (tertiary alicyclic amines) is 1. The first-order valence-electron chi connectivity index (χ1n) is 5.36. The Hall–Kier alpha value is -1.52. The van der Waals surface area contributed by atoms with Crippen LogP contribution in [0.1, 0.15) is 26.7 Å². The second-order valence-electron chi connectivity index (χ2n) is 4.31. The van der Waals surface area contributed by atoms with Gasteiger partial charge >= 0.3 is 12.0 Å². The van der Waals surface area contributed by atoms with Crippen molar-refractivity contribution in [3.05, 3.63) is 12.7 Å². The van der Waals surface area contributed by atoms with Gasteiger partial charge in [-0.3, -0.25) is 0 Å². The van der Waals surface area contributed by atoms with Crippen LogP contribution in [0.2, 0.25) is 0 Å². The summed E-state index contributed by atoms with van der Waals surface area (Å²) in [4.78, 5) is 24.4. The maximum Gasteiger partial charge on any atom is 0.329 e. The van der Waals surface area contributed by atoms with E-state index in [4.69, 9.17) is 5.11 Å². The van der Waals surface area contributed by atoms with Crippen molar-refractivity contribution < 1.29 is 14.7 Å². The minimum atomic E-state index is -1.08. The lowest BCUT2D eigenvalue weighted by Crippen LogP contribution is -2.55. The van der Waals surface area contributed by atoms with Crippen LogP contribution >= 0.6 is 0 Å². The van der Waals surface area contributed by atoms with E-state index in [-0.39, 0.29) is 12.1 Å². The molecule has 5 nitrogen and oxygen atoms in total. The van der Waals surface area contributed by atoms with Crippen LogP contribution in [0.15, 0.2) is 12.7 Å². The van der Waals surface area contributed by atoms with Gasteiger partial charge in [-0.15, -0.1) is 6.58 Å². The first-order chi connectivity index (χ1) is 7.41. The molecule has 1 fully saturated rings. The Morgan fingerprint density at radius 1 is 1.62 bits per heavy atom. The van der Waals surface area contributed by atoms with Crippen LogP contribution in [0.3, 0.4) is 0 Å². The molecule has 0 aromatic rings. The number of amides is 2. The monoisotopic (exact) mass is 226 g/mol. The van der Waals surface area contributed by atoms with Crippen molar-refractivity contribution in [3.63, 3.8) is 0 Å². The minimum Gasteiger partial charge on any atom is -0.480 e. The first kappa shape index (κ1) is 12.5. The standard InChI is InChI=1S/C11H18N2O3/c1-4-8(2)12-10(16)13-7-5-6-11(13,3)9(14)15/h4,8H,1,5-7H2,2-3H3,(H,12,16)(H,14,15). The predicted octanol–water partition coefficient (Wildman–Crippen LogP) is 1.21. The SMILES string of the molecule is C=CC(C)NC(=O)N1CCCC1(C)C(=O)O. The van der Waals surface area contributed by atoms with Crippen LogP contribution in [0.5, 0.6) is 0 Å². The second kappa shape index (κ2) is 4.55. The molecular formula is C11H18N2O3. The Labute approximate surface area is 95.1 Å². The summed E-state index contributed by atoms with van der Waals surface area (Å²) < 4.78 is 0. The molecule has 0 saturated carbocycles. The molecule has 16 heavy (non-hydrogen) atoms. The number of nitrogens with zero attached hydrogens (tertiary/aromatic N) is 1. The number of hydrogen-bond acceptors (Lipinski definition) is 2. The summed E-state index contributed by atoms with van der Waals surface area (Å²) in [6.07, 6.45) is 2.82. The van der Waals surface area contributed by atoms with Gasteiger partial charge in [-0.05, 0) is 26.7 Å². The van der Waals surface area contributed by atoms with Gasteiger partial charge in [-0.2, -0.15) is 0 Å². The maximum absolute atomic E-state index is 11.8. The molecule has 0 bridgehead atoms. The average Bonchev–Trinajstić information content (AvgIpc) is 2.61. The third kappa shape index (κ3) is 2.18. The molecule has 2 atom stereocenters. The van der Waals surface area contributed by atoms with Crippen LogP contribution in [0.25, 0.3) is 0 Å². The molecule has 2 unspecified atom stereocenters. The Morgan fingerprint density at radius 3 is 2.75 bits per heavy atom. The summed E-state index contributed by atoms with van der Waals surface area (Å²) in [6.45, 7) is 7.42. The highest BCUT2D eigenvalue weighted by Gasteiger charge is 2.46. The van der Waals surface area contributed by atoms with Crippen molar-refractivity contribution in [1.29, 1.82) is 0 Å². The molecule has 1 saturated heterocycles. The van der Waals surface area contributed by atoms with E-state index in [1.54, 1.807) is 19.9 Å². The van der Waals surface area contributed by atoms with Gasteiger partial charge in [-0.1, -0.05) is 6.08 Å². The third-order valence-corrected chi connectivity index (χ3v) is 3.05. The highest BCUT2D eigenvalue weighted by Crippen LogP contribution is 2.29. The fourth-order valence-electron chi connectivity index (χ4n) is 1.84. The molecule has 2 N–H and O–H groups in total. The number of rotatable bonds is 3. The molecule has 0 aromatic carbocycles. The zero-order valence-corrected chi connectivity index (χ0v) is 9.69. The number of carboxylic acids is 1. The maximum atomic E-state index is 11.8. The van der Waals surface area contributed by atoms with E-state index in [1.807, 2.05) is 0 Å². The summed E-state index contributed by atoms with van der Waals surface area (Å²) in [7, 11) is 0. The number of carbonyl (C=O) groups excluding carboxylic acids is 1. The molecular weight excluding hydrogens is 208 g/mol. The zero-order chi connectivity index (χ0) is 12.3. The number of hydrogen-bond donors (Lipinski definition) is 2. The lowest BCUT2D eigenvalue weighted by Gasteiger charge is -2.31. The van der Waals surface area contributed by atoms with Crippen molar-refractivity contribution in [2.24, 2.45) is 0 Å². The zero-order valence-electron chi connectivity index (χ0n) is 9.69. The molecule has 0 spiro atoms. The highest BCUT2D eigenvalue weighted by atomic mass is 16.4. The highest BCUT2D eigenvalue weighted by molar-refractivity contribution is 5.86. The van der Waals surface area contributed by atoms with Crippen LogP contribution in [0.4, 0.5) is 4.79 Å². The Balaban J connectivity index is 2.75. The van der Waals surface area contributed by atoms with Crippen molar-refractivity contribution in [3.8, 4) is 0 Å². The van der Waals surface area contributed by atoms with E-state index in [0.29, 0.717) is 13.0 Å². The number of aliphatic carboxylic acids is 1. The molecule has 0 aliphatic carbocycles. The van der Waals surface area contributed by atoms with Gasteiger partial charge in [0.1, 0.15) is 5.54 Å². The topological polar surface area (TPSA) is 69.6 Å². The quantitative estimate of drug-likeness (QED) is 0.711. The molecule has 1 rings (SSSR count). The summed E-state index contributed by atoms with van der Waals surface area (Å²) in [6, 6.07) is -0.499. The first-order valence-corrected chi connectivity index (χ1v) is 5.36. The van der Waals surface area contributed by atoms with Crippen LogP contribution in [-0.2, 0) is 4.79 Å². The molecule has 0 radical (unpaired) electrons. The summed E-state index contributed by atoms with van der Waals surface area (Å²) >= 11 is 0. The van der Waals surface area contributed by atoms with Gasteiger partial charge in [0, 0.05) is 12.6 Å². The Kier molecular flexibility index (Phi) is 3.57. The number of carbonyl (C=O) groups is 2. The fraction of sp³-hybridized carbons (Fsp3) is 0.636. The van der Waals surface area contributed by atoms with Gasteiger partial charge in [0.2, 0.25) is 0 Å². The summed E-state index contributed by atoms with van der Waals surface area (Å²) in [5.41, 5.74) is -1.08. The van der Waals surface area contributed by atoms with Gasteiger partial charge in [-0.25, -0.2) is 9.59 Å². The normalized spacial score (nSPS) is 26.2. The van der Waals surface area contributed by atoms with E-state index in [9.17, 15) is 9.59 Å². The largest absolute Gasteiger partial charge is 0.480 e. The Morgan fingerprint density at radius 2 is 2.25 bits per heavy atom. The third-order valence-electron chi connectivity index (χ3n) is 3.05.